The number of ether oxygens (including phenoxy) is 1. The van der Waals surface area contributed by atoms with Gasteiger partial charge in [0.2, 0.25) is 0 Å². The molecule has 0 aliphatic carbocycles. The van der Waals surface area contributed by atoms with Gasteiger partial charge in [0.05, 0.1) is 0 Å². The molecule has 0 saturated carbocycles. The number of benzene rings is 1. The van der Waals surface area contributed by atoms with Gasteiger partial charge < -0.3 is 4.74 Å². The van der Waals surface area contributed by atoms with E-state index in [0.29, 0.717) is 5.56 Å². The first kappa shape index (κ1) is 11.6. The predicted molar refractivity (Wildman–Crippen MR) is 47.9 cm³/mol. The number of alkyl halides is 3. The monoisotopic (exact) mass is 218 g/mol. The molecule has 0 radical (unpaired) electrons. The van der Waals surface area contributed by atoms with E-state index in [9.17, 15) is 18.0 Å². The summed E-state index contributed by atoms with van der Waals surface area (Å²) in [7, 11) is 0. The number of aryl methyl sites for hydroxylation is 1. The molecule has 0 spiro atoms. The summed E-state index contributed by atoms with van der Waals surface area (Å²) in [6.45, 7) is 2.76. The van der Waals surface area contributed by atoms with E-state index in [1.54, 1.807) is 0 Å². The zero-order valence-electron chi connectivity index (χ0n) is 8.18. The average molecular weight is 218 g/mol. The third-order valence-electron chi connectivity index (χ3n) is 1.82. The number of Topliss-reactive ketones (excluding diaryl/α,β-unsaturated/α-hetero) is 1. The summed E-state index contributed by atoms with van der Waals surface area (Å²) >= 11 is 0. The molecule has 0 heterocycles. The molecule has 1 rings (SSSR count). The molecule has 0 aromatic heterocycles. The summed E-state index contributed by atoms with van der Waals surface area (Å²) in [4.78, 5) is 10.9. The maximum absolute atomic E-state index is 11.9. The number of carbonyl (C=O) groups excluding carboxylic acids is 1. The number of carbonyl (C=O) groups is 1. The second kappa shape index (κ2) is 3.92. The van der Waals surface area contributed by atoms with Crippen LogP contribution in [0.1, 0.15) is 22.8 Å². The van der Waals surface area contributed by atoms with Gasteiger partial charge in [-0.2, -0.15) is 0 Å². The van der Waals surface area contributed by atoms with Crippen LogP contribution in [0.3, 0.4) is 0 Å². The first-order valence-electron chi connectivity index (χ1n) is 4.17. The van der Waals surface area contributed by atoms with Gasteiger partial charge in [0.25, 0.3) is 0 Å². The van der Waals surface area contributed by atoms with Crippen molar-refractivity contribution in [3.63, 3.8) is 0 Å². The summed E-state index contributed by atoms with van der Waals surface area (Å²) in [5.74, 6) is -0.641. The van der Waals surface area contributed by atoms with Gasteiger partial charge in [0, 0.05) is 5.56 Å². The van der Waals surface area contributed by atoms with E-state index >= 15 is 0 Å². The number of ketones is 1. The zero-order chi connectivity index (χ0) is 11.6. The van der Waals surface area contributed by atoms with Crippen LogP contribution < -0.4 is 4.74 Å². The maximum atomic E-state index is 11.9. The second-order valence-corrected chi connectivity index (χ2v) is 3.08. The quantitative estimate of drug-likeness (QED) is 0.713. The average Bonchev–Trinajstić information content (AvgIpc) is 2.06. The molecular weight excluding hydrogens is 209 g/mol. The van der Waals surface area contributed by atoms with Gasteiger partial charge in [-0.15, -0.1) is 13.2 Å². The largest absolute Gasteiger partial charge is 0.573 e. The first-order chi connectivity index (χ1) is 6.79. The zero-order valence-corrected chi connectivity index (χ0v) is 8.18. The SMILES string of the molecule is CC(=O)c1ccc(C)c(OC(F)(F)F)c1. The Hall–Kier alpha value is -1.52. The van der Waals surface area contributed by atoms with Gasteiger partial charge in [0.15, 0.2) is 5.78 Å². The molecule has 0 amide bonds. The third-order valence-corrected chi connectivity index (χ3v) is 1.82. The van der Waals surface area contributed by atoms with E-state index in [4.69, 9.17) is 0 Å². The minimum absolute atomic E-state index is 0.194. The molecule has 0 saturated heterocycles. The van der Waals surface area contributed by atoms with Crippen molar-refractivity contribution in [2.45, 2.75) is 20.2 Å². The maximum Gasteiger partial charge on any atom is 0.573 e. The number of halogens is 3. The Morgan fingerprint density at radius 1 is 1.33 bits per heavy atom. The molecule has 82 valence electrons. The van der Waals surface area contributed by atoms with E-state index in [2.05, 4.69) is 4.74 Å². The van der Waals surface area contributed by atoms with Crippen LogP contribution in [-0.2, 0) is 0 Å². The van der Waals surface area contributed by atoms with E-state index in [1.807, 2.05) is 0 Å². The van der Waals surface area contributed by atoms with Crippen LogP contribution in [0.4, 0.5) is 13.2 Å². The summed E-state index contributed by atoms with van der Waals surface area (Å²) < 4.78 is 39.6. The van der Waals surface area contributed by atoms with Gasteiger partial charge in [-0.1, -0.05) is 12.1 Å². The highest BCUT2D eigenvalue weighted by Gasteiger charge is 2.31. The van der Waals surface area contributed by atoms with Crippen LogP contribution in [-0.4, -0.2) is 12.1 Å². The lowest BCUT2D eigenvalue weighted by molar-refractivity contribution is -0.274. The fourth-order valence-electron chi connectivity index (χ4n) is 1.05. The molecule has 0 aliphatic heterocycles. The second-order valence-electron chi connectivity index (χ2n) is 3.08. The molecule has 15 heavy (non-hydrogen) atoms. The highest BCUT2D eigenvalue weighted by molar-refractivity contribution is 5.94. The van der Waals surface area contributed by atoms with Crippen LogP contribution in [0.25, 0.3) is 0 Å². The van der Waals surface area contributed by atoms with Gasteiger partial charge in [-0.3, -0.25) is 4.79 Å². The van der Waals surface area contributed by atoms with Gasteiger partial charge in [-0.05, 0) is 25.5 Å². The van der Waals surface area contributed by atoms with E-state index in [1.165, 1.54) is 26.0 Å². The van der Waals surface area contributed by atoms with E-state index in [0.717, 1.165) is 6.07 Å². The molecule has 1 aromatic rings. The fraction of sp³-hybridized carbons (Fsp3) is 0.300. The Morgan fingerprint density at radius 2 is 1.93 bits per heavy atom. The minimum Gasteiger partial charge on any atom is -0.405 e. The number of rotatable bonds is 2. The van der Waals surface area contributed by atoms with Crippen molar-refractivity contribution in [3.05, 3.63) is 29.3 Å². The van der Waals surface area contributed by atoms with E-state index in [-0.39, 0.29) is 17.1 Å². The molecule has 5 heteroatoms. The van der Waals surface area contributed by atoms with Crippen LogP contribution in [0.2, 0.25) is 0 Å². The lowest BCUT2D eigenvalue weighted by Crippen LogP contribution is -2.18. The van der Waals surface area contributed by atoms with Crippen molar-refractivity contribution in [3.8, 4) is 5.75 Å². The number of hydrogen-bond acceptors (Lipinski definition) is 2. The van der Waals surface area contributed by atoms with Crippen molar-refractivity contribution >= 4 is 5.78 Å². The van der Waals surface area contributed by atoms with Crippen LogP contribution >= 0.6 is 0 Å². The summed E-state index contributed by atoms with van der Waals surface area (Å²) in [5, 5.41) is 0. The van der Waals surface area contributed by atoms with Crippen molar-refractivity contribution in [2.75, 3.05) is 0 Å². The van der Waals surface area contributed by atoms with Crippen molar-refractivity contribution in [1.29, 1.82) is 0 Å². The van der Waals surface area contributed by atoms with E-state index < -0.39 is 6.36 Å². The molecular formula is C10H9F3O2. The predicted octanol–water partition coefficient (Wildman–Crippen LogP) is 3.10. The molecule has 0 atom stereocenters. The standard InChI is InChI=1S/C10H9F3O2/c1-6-3-4-8(7(2)14)5-9(6)15-10(11,12)13/h3-5H,1-2H3. The van der Waals surface area contributed by atoms with Gasteiger partial charge in [0.1, 0.15) is 5.75 Å². The molecule has 0 bridgehead atoms. The summed E-state index contributed by atoms with van der Waals surface area (Å²) in [5.41, 5.74) is 0.525. The topological polar surface area (TPSA) is 26.3 Å². The fourth-order valence-corrected chi connectivity index (χ4v) is 1.05. The van der Waals surface area contributed by atoms with Crippen molar-refractivity contribution in [2.24, 2.45) is 0 Å². The summed E-state index contributed by atoms with van der Waals surface area (Å²) in [6, 6.07) is 3.96. The van der Waals surface area contributed by atoms with Gasteiger partial charge in [-0.25, -0.2) is 0 Å². The van der Waals surface area contributed by atoms with Crippen LogP contribution in [0, 0.1) is 6.92 Å². The number of hydrogen-bond donors (Lipinski definition) is 0. The lowest BCUT2D eigenvalue weighted by Gasteiger charge is -2.11. The Labute approximate surface area is 84.7 Å². The van der Waals surface area contributed by atoms with Gasteiger partial charge >= 0.3 is 6.36 Å². The third kappa shape index (κ3) is 3.27. The van der Waals surface area contributed by atoms with Crippen molar-refractivity contribution in [1.82, 2.24) is 0 Å². The highest BCUT2D eigenvalue weighted by atomic mass is 19.4. The molecule has 0 N–H and O–H groups in total. The van der Waals surface area contributed by atoms with Crippen LogP contribution in [0.5, 0.6) is 5.75 Å². The van der Waals surface area contributed by atoms with Crippen molar-refractivity contribution < 1.29 is 22.7 Å². The minimum atomic E-state index is -4.74. The molecule has 0 fully saturated rings. The highest BCUT2D eigenvalue weighted by Crippen LogP contribution is 2.26. The van der Waals surface area contributed by atoms with Crippen LogP contribution in [0.15, 0.2) is 18.2 Å². The lowest BCUT2D eigenvalue weighted by atomic mass is 10.1. The Morgan fingerprint density at radius 3 is 2.40 bits per heavy atom. The summed E-state index contributed by atoms with van der Waals surface area (Å²) in [6.07, 6.45) is -4.74. The Kier molecular flexibility index (Phi) is 3.02. The normalized spacial score (nSPS) is 11.3. The Balaban J connectivity index is 3.06. The first-order valence-corrected chi connectivity index (χ1v) is 4.17. The smallest absolute Gasteiger partial charge is 0.405 e. The Bertz CT molecular complexity index is 383. The molecule has 2 nitrogen and oxygen atoms in total. The molecule has 1 aromatic carbocycles. The molecule has 0 aliphatic rings. The molecule has 0 unspecified atom stereocenters.